The number of hydrogen-bond acceptors (Lipinski definition) is 3. The van der Waals surface area contributed by atoms with Crippen LogP contribution in [0.2, 0.25) is 0 Å². The zero-order valence-electron chi connectivity index (χ0n) is 13.4. The Hall–Kier alpha value is -1.92. The second-order valence-corrected chi connectivity index (χ2v) is 6.34. The first-order valence-electron chi connectivity index (χ1n) is 8.01. The maximum absolute atomic E-state index is 13.5. The number of pyridine rings is 1. The van der Waals surface area contributed by atoms with Crippen LogP contribution in [0.15, 0.2) is 23.0 Å². The van der Waals surface area contributed by atoms with E-state index in [1.54, 1.807) is 10.7 Å². The topological polar surface area (TPSA) is 62.7 Å². The monoisotopic (exact) mass is 350 g/mol. The number of aromatic nitrogens is 3. The van der Waals surface area contributed by atoms with Crippen molar-refractivity contribution < 1.29 is 4.39 Å². The summed E-state index contributed by atoms with van der Waals surface area (Å²) in [6, 6.07) is 4.40. The van der Waals surface area contributed by atoms with Gasteiger partial charge in [-0.05, 0) is 50.4 Å². The number of benzene rings is 1. The van der Waals surface area contributed by atoms with Crippen LogP contribution in [0.1, 0.15) is 18.5 Å². The fourth-order valence-corrected chi connectivity index (χ4v) is 3.61. The van der Waals surface area contributed by atoms with Gasteiger partial charge in [0, 0.05) is 17.8 Å². The number of H-pyrrole nitrogens is 1. The number of rotatable bonds is 2. The summed E-state index contributed by atoms with van der Waals surface area (Å²) in [7, 11) is 1.83. The minimum atomic E-state index is -0.397. The van der Waals surface area contributed by atoms with Crippen LogP contribution in [-0.4, -0.2) is 27.9 Å². The van der Waals surface area contributed by atoms with Gasteiger partial charge in [0.2, 0.25) is 0 Å². The summed E-state index contributed by atoms with van der Waals surface area (Å²) in [5, 5.41) is 10.1. The van der Waals surface area contributed by atoms with Crippen molar-refractivity contribution in [2.75, 3.05) is 13.1 Å². The first-order chi connectivity index (χ1) is 11.1. The van der Waals surface area contributed by atoms with Crippen molar-refractivity contribution in [3.8, 4) is 0 Å². The number of nitrogens with one attached hydrogen (secondary N) is 2. The largest absolute Gasteiger partial charge is 0.317 e. The maximum Gasteiger partial charge on any atom is 0.257 e. The van der Waals surface area contributed by atoms with E-state index in [1.165, 1.54) is 12.1 Å². The number of hydrogen-bond donors (Lipinski definition) is 2. The van der Waals surface area contributed by atoms with E-state index in [1.807, 2.05) is 7.05 Å². The lowest BCUT2D eigenvalue weighted by Gasteiger charge is -2.21. The highest BCUT2D eigenvalue weighted by Crippen LogP contribution is 2.28. The second-order valence-electron chi connectivity index (χ2n) is 6.34. The molecule has 7 heteroatoms. The zero-order chi connectivity index (χ0) is 16.0. The SMILES string of the molecule is Cl.Cn1nc(CC2CCNCC2)c2c3ccc(F)cc3c(=O)[nH]c21. The van der Waals surface area contributed by atoms with Crippen LogP contribution in [0.3, 0.4) is 0 Å². The molecule has 0 aliphatic carbocycles. The molecule has 3 heterocycles. The number of fused-ring (bicyclic) bond motifs is 3. The Balaban J connectivity index is 0.00000169. The predicted molar refractivity (Wildman–Crippen MR) is 95.3 cm³/mol. The highest BCUT2D eigenvalue weighted by molar-refractivity contribution is 6.05. The lowest BCUT2D eigenvalue weighted by molar-refractivity contribution is 0.370. The van der Waals surface area contributed by atoms with Crippen molar-refractivity contribution in [2.24, 2.45) is 13.0 Å². The molecule has 0 amide bonds. The Morgan fingerprint density at radius 2 is 2.04 bits per heavy atom. The Labute approximate surface area is 144 Å². The van der Waals surface area contributed by atoms with Crippen LogP contribution in [0.25, 0.3) is 21.8 Å². The van der Waals surface area contributed by atoms with E-state index in [0.717, 1.165) is 48.8 Å². The third kappa shape index (κ3) is 2.80. The fraction of sp³-hybridized carbons (Fsp3) is 0.412. The molecule has 5 nitrogen and oxygen atoms in total. The smallest absolute Gasteiger partial charge is 0.257 e. The van der Waals surface area contributed by atoms with Crippen molar-refractivity contribution in [1.82, 2.24) is 20.1 Å². The lowest BCUT2D eigenvalue weighted by Crippen LogP contribution is -2.28. The molecule has 2 aromatic heterocycles. The average Bonchev–Trinajstić information content (AvgIpc) is 2.85. The van der Waals surface area contributed by atoms with Crippen LogP contribution in [0.5, 0.6) is 0 Å². The van der Waals surface area contributed by atoms with E-state index < -0.39 is 5.82 Å². The molecule has 0 radical (unpaired) electrons. The van der Waals surface area contributed by atoms with E-state index in [9.17, 15) is 9.18 Å². The minimum absolute atomic E-state index is 0. The third-order valence-electron chi connectivity index (χ3n) is 4.79. The van der Waals surface area contributed by atoms with Crippen LogP contribution in [0, 0.1) is 11.7 Å². The number of aromatic amines is 1. The van der Waals surface area contributed by atoms with Gasteiger partial charge in [0.05, 0.1) is 11.1 Å². The molecule has 24 heavy (non-hydrogen) atoms. The van der Waals surface area contributed by atoms with Gasteiger partial charge in [0.1, 0.15) is 11.5 Å². The summed E-state index contributed by atoms with van der Waals surface area (Å²) in [5.74, 6) is 0.197. The summed E-state index contributed by atoms with van der Waals surface area (Å²) in [4.78, 5) is 15.1. The van der Waals surface area contributed by atoms with Crippen molar-refractivity contribution >= 4 is 34.2 Å². The molecule has 0 saturated carbocycles. The Kier molecular flexibility index (Phi) is 4.60. The summed E-state index contributed by atoms with van der Waals surface area (Å²) in [6.07, 6.45) is 3.15. The van der Waals surface area contributed by atoms with E-state index in [2.05, 4.69) is 15.4 Å². The van der Waals surface area contributed by atoms with Gasteiger partial charge in [-0.15, -0.1) is 12.4 Å². The van der Waals surface area contributed by atoms with Crippen molar-refractivity contribution in [3.05, 3.63) is 40.1 Å². The number of piperidine rings is 1. The summed E-state index contributed by atoms with van der Waals surface area (Å²) in [5.41, 5.74) is 1.42. The molecule has 0 spiro atoms. The predicted octanol–water partition coefficient (Wildman–Crippen LogP) is 2.52. The standard InChI is InChI=1S/C17H19FN4O.ClH/c1-22-16-15(14(21-22)8-10-4-6-19-7-5-10)12-3-2-11(18)9-13(12)17(23)20-16;/h2-3,9-10,19H,4-8H2,1H3,(H,20,23);1H. The summed E-state index contributed by atoms with van der Waals surface area (Å²) >= 11 is 0. The first-order valence-corrected chi connectivity index (χ1v) is 8.01. The molecule has 1 aliphatic heterocycles. The van der Waals surface area contributed by atoms with Crippen molar-refractivity contribution in [2.45, 2.75) is 19.3 Å². The van der Waals surface area contributed by atoms with Gasteiger partial charge in [-0.25, -0.2) is 4.39 Å². The molecule has 3 aromatic rings. The third-order valence-corrected chi connectivity index (χ3v) is 4.79. The maximum atomic E-state index is 13.5. The number of nitrogens with zero attached hydrogens (tertiary/aromatic N) is 2. The Morgan fingerprint density at radius 1 is 1.29 bits per heavy atom. The zero-order valence-corrected chi connectivity index (χ0v) is 14.3. The lowest BCUT2D eigenvalue weighted by atomic mass is 9.92. The molecule has 1 fully saturated rings. The molecule has 2 N–H and O–H groups in total. The van der Waals surface area contributed by atoms with Crippen LogP contribution >= 0.6 is 12.4 Å². The van der Waals surface area contributed by atoms with Gasteiger partial charge in [0.15, 0.2) is 0 Å². The molecule has 0 unspecified atom stereocenters. The van der Waals surface area contributed by atoms with Crippen LogP contribution in [-0.2, 0) is 13.5 Å². The van der Waals surface area contributed by atoms with Gasteiger partial charge in [0.25, 0.3) is 5.56 Å². The quantitative estimate of drug-likeness (QED) is 0.746. The molecule has 128 valence electrons. The van der Waals surface area contributed by atoms with E-state index >= 15 is 0 Å². The summed E-state index contributed by atoms with van der Waals surface area (Å²) < 4.78 is 15.2. The van der Waals surface area contributed by atoms with Crippen molar-refractivity contribution in [1.29, 1.82) is 0 Å². The highest BCUT2D eigenvalue weighted by atomic mass is 35.5. The average molecular weight is 351 g/mol. The summed E-state index contributed by atoms with van der Waals surface area (Å²) in [6.45, 7) is 2.08. The van der Waals surface area contributed by atoms with E-state index in [4.69, 9.17) is 0 Å². The van der Waals surface area contributed by atoms with Gasteiger partial charge in [-0.2, -0.15) is 5.10 Å². The van der Waals surface area contributed by atoms with E-state index in [0.29, 0.717) is 17.0 Å². The molecule has 0 atom stereocenters. The molecule has 0 bridgehead atoms. The molecular weight excluding hydrogens is 331 g/mol. The molecule has 4 rings (SSSR count). The fourth-order valence-electron chi connectivity index (χ4n) is 3.61. The normalized spacial score (nSPS) is 15.8. The Bertz CT molecular complexity index is 943. The number of halogens is 2. The number of aryl methyl sites for hydroxylation is 1. The molecule has 1 saturated heterocycles. The minimum Gasteiger partial charge on any atom is -0.317 e. The highest BCUT2D eigenvalue weighted by Gasteiger charge is 2.20. The van der Waals surface area contributed by atoms with Gasteiger partial charge < -0.3 is 10.3 Å². The Morgan fingerprint density at radius 3 is 2.79 bits per heavy atom. The molecular formula is C17H20ClFN4O. The molecule has 1 aliphatic rings. The van der Waals surface area contributed by atoms with Crippen molar-refractivity contribution in [3.63, 3.8) is 0 Å². The van der Waals surface area contributed by atoms with Gasteiger partial charge >= 0.3 is 0 Å². The van der Waals surface area contributed by atoms with Crippen LogP contribution in [0.4, 0.5) is 4.39 Å². The van der Waals surface area contributed by atoms with E-state index in [-0.39, 0.29) is 18.0 Å². The van der Waals surface area contributed by atoms with Gasteiger partial charge in [-0.1, -0.05) is 6.07 Å². The first kappa shape index (κ1) is 16.9. The second kappa shape index (κ2) is 6.53. The van der Waals surface area contributed by atoms with Gasteiger partial charge in [-0.3, -0.25) is 9.48 Å². The molecule has 1 aromatic carbocycles. The van der Waals surface area contributed by atoms with Crippen LogP contribution < -0.4 is 10.9 Å².